The molecule has 1 N–H and O–H groups in total. The maximum atomic E-state index is 11.6. The second kappa shape index (κ2) is 6.44. The number of hydrogen-bond donors (Lipinski definition) is 1. The standard InChI is InChI=1S/C11H22BrNO/c1-5-9(6-7-12)8-13-10(14)11(2,3)4/h9H,5-8H2,1-4H3,(H,13,14). The molecule has 14 heavy (non-hydrogen) atoms. The molecular weight excluding hydrogens is 242 g/mol. The zero-order chi connectivity index (χ0) is 11.2. The predicted octanol–water partition coefficient (Wildman–Crippen LogP) is 2.96. The van der Waals surface area contributed by atoms with Crippen molar-refractivity contribution >= 4 is 21.8 Å². The highest BCUT2D eigenvalue weighted by Crippen LogP contribution is 2.14. The average molecular weight is 264 g/mol. The summed E-state index contributed by atoms with van der Waals surface area (Å²) >= 11 is 3.42. The first kappa shape index (κ1) is 13.9. The minimum atomic E-state index is -0.271. The summed E-state index contributed by atoms with van der Waals surface area (Å²) in [6, 6.07) is 0. The van der Waals surface area contributed by atoms with Gasteiger partial charge in [-0.15, -0.1) is 0 Å². The summed E-state index contributed by atoms with van der Waals surface area (Å²) in [5.74, 6) is 0.742. The lowest BCUT2D eigenvalue weighted by Crippen LogP contribution is -2.37. The van der Waals surface area contributed by atoms with Crippen LogP contribution in [-0.4, -0.2) is 17.8 Å². The van der Waals surface area contributed by atoms with Crippen LogP contribution in [0.2, 0.25) is 0 Å². The van der Waals surface area contributed by atoms with E-state index in [4.69, 9.17) is 0 Å². The molecule has 0 saturated carbocycles. The summed E-state index contributed by atoms with van der Waals surface area (Å²) in [6.45, 7) is 8.78. The molecule has 84 valence electrons. The second-order valence-corrected chi connectivity index (χ2v) is 5.50. The van der Waals surface area contributed by atoms with Crippen molar-refractivity contribution in [3.8, 4) is 0 Å². The lowest BCUT2D eigenvalue weighted by molar-refractivity contribution is -0.128. The number of halogens is 1. The Balaban J connectivity index is 3.85. The molecule has 0 rings (SSSR count). The number of carbonyl (C=O) groups excluding carboxylic acids is 1. The monoisotopic (exact) mass is 263 g/mol. The Morgan fingerprint density at radius 1 is 1.43 bits per heavy atom. The zero-order valence-electron chi connectivity index (χ0n) is 9.69. The van der Waals surface area contributed by atoms with Crippen LogP contribution in [0.5, 0.6) is 0 Å². The normalized spacial score (nSPS) is 13.8. The van der Waals surface area contributed by atoms with Gasteiger partial charge >= 0.3 is 0 Å². The Hall–Kier alpha value is -0.0500. The van der Waals surface area contributed by atoms with Gasteiger partial charge in [0.2, 0.25) is 5.91 Å². The van der Waals surface area contributed by atoms with Crippen molar-refractivity contribution in [3.05, 3.63) is 0 Å². The molecule has 0 aromatic rings. The number of carbonyl (C=O) groups is 1. The van der Waals surface area contributed by atoms with Crippen LogP contribution in [0.4, 0.5) is 0 Å². The molecule has 0 aliphatic heterocycles. The van der Waals surface area contributed by atoms with Gasteiger partial charge in [0.05, 0.1) is 0 Å². The maximum Gasteiger partial charge on any atom is 0.225 e. The fourth-order valence-electron chi connectivity index (χ4n) is 1.11. The molecule has 1 amide bonds. The van der Waals surface area contributed by atoms with Crippen LogP contribution in [0.1, 0.15) is 40.5 Å². The van der Waals surface area contributed by atoms with Crippen molar-refractivity contribution in [2.75, 3.05) is 11.9 Å². The molecule has 0 aromatic carbocycles. The molecule has 1 unspecified atom stereocenters. The highest BCUT2D eigenvalue weighted by Gasteiger charge is 2.21. The van der Waals surface area contributed by atoms with Crippen LogP contribution >= 0.6 is 15.9 Å². The second-order valence-electron chi connectivity index (χ2n) is 4.71. The summed E-state index contributed by atoms with van der Waals surface area (Å²) in [7, 11) is 0. The van der Waals surface area contributed by atoms with E-state index >= 15 is 0 Å². The number of nitrogens with one attached hydrogen (secondary N) is 1. The first-order valence-electron chi connectivity index (χ1n) is 5.26. The lowest BCUT2D eigenvalue weighted by Gasteiger charge is -2.20. The molecule has 0 radical (unpaired) electrons. The van der Waals surface area contributed by atoms with Crippen LogP contribution in [0.25, 0.3) is 0 Å². The Bertz CT molecular complexity index is 175. The summed E-state index contributed by atoms with van der Waals surface area (Å²) in [5, 5.41) is 4.01. The highest BCUT2D eigenvalue weighted by molar-refractivity contribution is 9.09. The third-order valence-electron chi connectivity index (χ3n) is 2.33. The first-order chi connectivity index (χ1) is 6.41. The zero-order valence-corrected chi connectivity index (χ0v) is 11.3. The smallest absolute Gasteiger partial charge is 0.225 e. The van der Waals surface area contributed by atoms with Gasteiger partial charge in [0.15, 0.2) is 0 Å². The molecule has 0 bridgehead atoms. The summed E-state index contributed by atoms with van der Waals surface area (Å²) in [4.78, 5) is 11.6. The van der Waals surface area contributed by atoms with Gasteiger partial charge in [0.25, 0.3) is 0 Å². The van der Waals surface area contributed by atoms with Crippen LogP contribution in [0.15, 0.2) is 0 Å². The first-order valence-corrected chi connectivity index (χ1v) is 6.38. The van der Waals surface area contributed by atoms with Gasteiger partial charge in [-0.25, -0.2) is 0 Å². The minimum absolute atomic E-state index is 0.144. The van der Waals surface area contributed by atoms with Crippen LogP contribution < -0.4 is 5.32 Å². The number of rotatable bonds is 5. The molecule has 0 fully saturated rings. The van der Waals surface area contributed by atoms with E-state index in [0.717, 1.165) is 24.7 Å². The van der Waals surface area contributed by atoms with E-state index in [0.29, 0.717) is 5.92 Å². The molecule has 1 atom stereocenters. The number of hydrogen-bond acceptors (Lipinski definition) is 1. The van der Waals surface area contributed by atoms with Gasteiger partial charge in [0.1, 0.15) is 0 Å². The van der Waals surface area contributed by atoms with Crippen molar-refractivity contribution in [2.45, 2.75) is 40.5 Å². The summed E-state index contributed by atoms with van der Waals surface area (Å²) in [6.07, 6.45) is 2.25. The van der Waals surface area contributed by atoms with E-state index < -0.39 is 0 Å². The molecule has 0 spiro atoms. The average Bonchev–Trinajstić information content (AvgIpc) is 2.10. The van der Waals surface area contributed by atoms with E-state index in [1.807, 2.05) is 20.8 Å². The Labute approximate surface area is 96.0 Å². The molecule has 0 aromatic heterocycles. The predicted molar refractivity (Wildman–Crippen MR) is 64.7 cm³/mol. The van der Waals surface area contributed by atoms with Crippen LogP contribution in [0, 0.1) is 11.3 Å². The van der Waals surface area contributed by atoms with E-state index in [1.54, 1.807) is 0 Å². The fourth-order valence-corrected chi connectivity index (χ4v) is 1.75. The third kappa shape index (κ3) is 5.63. The van der Waals surface area contributed by atoms with Crippen molar-refractivity contribution < 1.29 is 4.79 Å². The molecule has 0 saturated heterocycles. The third-order valence-corrected chi connectivity index (χ3v) is 2.79. The van der Waals surface area contributed by atoms with E-state index in [1.165, 1.54) is 0 Å². The minimum Gasteiger partial charge on any atom is -0.355 e. The number of amides is 1. The van der Waals surface area contributed by atoms with Crippen LogP contribution in [-0.2, 0) is 4.79 Å². The largest absolute Gasteiger partial charge is 0.355 e. The Morgan fingerprint density at radius 3 is 2.36 bits per heavy atom. The van der Waals surface area contributed by atoms with Crippen LogP contribution in [0.3, 0.4) is 0 Å². The Morgan fingerprint density at radius 2 is 2.00 bits per heavy atom. The topological polar surface area (TPSA) is 29.1 Å². The van der Waals surface area contributed by atoms with Gasteiger partial charge in [-0.2, -0.15) is 0 Å². The van der Waals surface area contributed by atoms with E-state index in [-0.39, 0.29) is 11.3 Å². The van der Waals surface area contributed by atoms with Gasteiger partial charge < -0.3 is 5.32 Å². The van der Waals surface area contributed by atoms with Crippen molar-refractivity contribution in [2.24, 2.45) is 11.3 Å². The van der Waals surface area contributed by atoms with Crippen molar-refractivity contribution in [3.63, 3.8) is 0 Å². The molecule has 0 aliphatic carbocycles. The van der Waals surface area contributed by atoms with Gasteiger partial charge in [-0.1, -0.05) is 50.0 Å². The lowest BCUT2D eigenvalue weighted by atomic mass is 9.95. The number of alkyl halides is 1. The summed E-state index contributed by atoms with van der Waals surface area (Å²) in [5.41, 5.74) is -0.271. The highest BCUT2D eigenvalue weighted by atomic mass is 79.9. The maximum absolute atomic E-state index is 11.6. The molecular formula is C11H22BrNO. The molecule has 2 nitrogen and oxygen atoms in total. The SMILES string of the molecule is CCC(CCBr)CNC(=O)C(C)(C)C. The Kier molecular flexibility index (Phi) is 6.41. The fraction of sp³-hybridized carbons (Fsp3) is 0.909. The van der Waals surface area contributed by atoms with Crippen molar-refractivity contribution in [1.29, 1.82) is 0 Å². The van der Waals surface area contributed by atoms with E-state index in [9.17, 15) is 4.79 Å². The molecule has 0 aliphatic rings. The van der Waals surface area contributed by atoms with E-state index in [2.05, 4.69) is 28.2 Å². The van der Waals surface area contributed by atoms with Gasteiger partial charge in [-0.3, -0.25) is 4.79 Å². The van der Waals surface area contributed by atoms with Gasteiger partial charge in [0, 0.05) is 17.3 Å². The molecule has 0 heterocycles. The van der Waals surface area contributed by atoms with Crippen molar-refractivity contribution in [1.82, 2.24) is 5.32 Å². The molecule has 3 heteroatoms. The van der Waals surface area contributed by atoms with Gasteiger partial charge in [-0.05, 0) is 12.3 Å². The summed E-state index contributed by atoms with van der Waals surface area (Å²) < 4.78 is 0. The quantitative estimate of drug-likeness (QED) is 0.760.